The molecule has 2 aliphatic carbocycles. The molecule has 1 N–H and O–H groups in total. The molecule has 4 aliphatic rings. The zero-order valence-electron chi connectivity index (χ0n) is 12.8. The van der Waals surface area contributed by atoms with Crippen molar-refractivity contribution in [3.8, 4) is 0 Å². The Morgan fingerprint density at radius 2 is 2.18 bits per heavy atom. The maximum Gasteiger partial charge on any atom is 0.274 e. The summed E-state index contributed by atoms with van der Waals surface area (Å²) < 4.78 is 0. The molecule has 0 radical (unpaired) electrons. The first-order valence-corrected chi connectivity index (χ1v) is 8.21. The molecular weight excluding hydrogens is 280 g/mol. The number of hydrogen-bond donors (Lipinski definition) is 1. The first kappa shape index (κ1) is 12.7. The standard InChI is InChI=1S/C16H20N4O2/c1-7(2)11-4-12(18-17-11)16(21)20-5-9-10(6-20)14(9)15-8-3-13(8)22-19-15/h4,7-10,13-14H,3,5-6H2,1-2H3,(H,17,18). The summed E-state index contributed by atoms with van der Waals surface area (Å²) in [5.74, 6) is 2.77. The Morgan fingerprint density at radius 3 is 2.73 bits per heavy atom. The third kappa shape index (κ3) is 1.69. The molecule has 1 aromatic heterocycles. The van der Waals surface area contributed by atoms with E-state index in [4.69, 9.17) is 4.84 Å². The summed E-state index contributed by atoms with van der Waals surface area (Å²) in [6.07, 6.45) is 1.54. The molecule has 4 unspecified atom stereocenters. The van der Waals surface area contributed by atoms with Gasteiger partial charge in [0.2, 0.25) is 0 Å². The van der Waals surface area contributed by atoms with Crippen LogP contribution in [0.4, 0.5) is 0 Å². The van der Waals surface area contributed by atoms with Crippen LogP contribution in [0.15, 0.2) is 11.2 Å². The van der Waals surface area contributed by atoms with Gasteiger partial charge in [0.25, 0.3) is 5.91 Å². The number of oxime groups is 1. The normalized spacial score (nSPS) is 37.7. The quantitative estimate of drug-likeness (QED) is 0.922. The van der Waals surface area contributed by atoms with Crippen LogP contribution in [0.2, 0.25) is 0 Å². The highest BCUT2D eigenvalue weighted by Crippen LogP contribution is 2.58. The van der Waals surface area contributed by atoms with Crippen LogP contribution in [-0.2, 0) is 4.84 Å². The zero-order chi connectivity index (χ0) is 15.0. The minimum atomic E-state index is 0.0583. The minimum Gasteiger partial charge on any atom is -0.392 e. The van der Waals surface area contributed by atoms with Crippen LogP contribution in [0.25, 0.3) is 0 Å². The van der Waals surface area contributed by atoms with Gasteiger partial charge in [0.1, 0.15) is 11.8 Å². The van der Waals surface area contributed by atoms with Gasteiger partial charge in [-0.05, 0) is 30.2 Å². The number of amides is 1. The molecule has 1 amide bonds. The van der Waals surface area contributed by atoms with Gasteiger partial charge >= 0.3 is 0 Å². The topological polar surface area (TPSA) is 70.6 Å². The molecule has 3 fully saturated rings. The van der Waals surface area contributed by atoms with Gasteiger partial charge < -0.3 is 9.74 Å². The molecule has 6 nitrogen and oxygen atoms in total. The van der Waals surface area contributed by atoms with Crippen LogP contribution in [0.1, 0.15) is 42.4 Å². The number of H-pyrrole nitrogens is 1. The Morgan fingerprint density at radius 1 is 1.41 bits per heavy atom. The van der Waals surface area contributed by atoms with E-state index in [9.17, 15) is 4.79 Å². The SMILES string of the molecule is CC(C)c1cc(C(=O)N2CC3C(C2)C3C2=NOC3CC23)n[nH]1. The molecule has 1 saturated heterocycles. The van der Waals surface area contributed by atoms with E-state index in [1.54, 1.807) is 0 Å². The third-order valence-electron chi connectivity index (χ3n) is 5.67. The molecule has 3 heterocycles. The van der Waals surface area contributed by atoms with Crippen molar-refractivity contribution in [2.45, 2.75) is 32.3 Å². The number of hydrogen-bond acceptors (Lipinski definition) is 4. The fourth-order valence-electron chi connectivity index (χ4n) is 4.14. The number of aromatic nitrogens is 2. The van der Waals surface area contributed by atoms with Gasteiger partial charge in [-0.15, -0.1) is 0 Å². The average Bonchev–Trinajstić information content (AvgIpc) is 3.16. The number of carbonyl (C=O) groups is 1. The molecular formula is C16H20N4O2. The number of nitrogens with one attached hydrogen (secondary N) is 1. The second kappa shape index (κ2) is 4.12. The number of carbonyl (C=O) groups excluding carboxylic acids is 1. The van der Waals surface area contributed by atoms with Crippen LogP contribution in [0.5, 0.6) is 0 Å². The number of rotatable bonds is 3. The van der Waals surface area contributed by atoms with Crippen LogP contribution in [0.3, 0.4) is 0 Å². The lowest BCUT2D eigenvalue weighted by molar-refractivity contribution is 0.0766. The number of fused-ring (bicyclic) bond motifs is 2. The summed E-state index contributed by atoms with van der Waals surface area (Å²) in [7, 11) is 0. The Kier molecular flexibility index (Phi) is 2.37. The molecule has 5 rings (SSSR count). The molecule has 0 aromatic carbocycles. The maximum absolute atomic E-state index is 12.5. The van der Waals surface area contributed by atoms with Gasteiger partial charge in [0, 0.05) is 30.6 Å². The highest BCUT2D eigenvalue weighted by Gasteiger charge is 2.64. The molecule has 1 aromatic rings. The van der Waals surface area contributed by atoms with Crippen LogP contribution >= 0.6 is 0 Å². The minimum absolute atomic E-state index is 0.0583. The fourth-order valence-corrected chi connectivity index (χ4v) is 4.14. The van der Waals surface area contributed by atoms with Gasteiger partial charge in [-0.1, -0.05) is 19.0 Å². The molecule has 2 aliphatic heterocycles. The summed E-state index contributed by atoms with van der Waals surface area (Å²) in [5, 5.41) is 11.4. The van der Waals surface area contributed by atoms with Crippen molar-refractivity contribution in [3.05, 3.63) is 17.5 Å². The first-order chi connectivity index (χ1) is 10.6. The van der Waals surface area contributed by atoms with Crippen molar-refractivity contribution in [2.24, 2.45) is 28.8 Å². The summed E-state index contributed by atoms with van der Waals surface area (Å²) >= 11 is 0. The van der Waals surface area contributed by atoms with Gasteiger partial charge in [0.05, 0.1) is 5.71 Å². The van der Waals surface area contributed by atoms with Crippen molar-refractivity contribution in [1.82, 2.24) is 15.1 Å². The fraction of sp³-hybridized carbons (Fsp3) is 0.688. The van der Waals surface area contributed by atoms with E-state index in [2.05, 4.69) is 29.2 Å². The predicted molar refractivity (Wildman–Crippen MR) is 79.5 cm³/mol. The number of aromatic amines is 1. The molecule has 6 heteroatoms. The lowest BCUT2D eigenvalue weighted by Gasteiger charge is -2.18. The van der Waals surface area contributed by atoms with Gasteiger partial charge in [-0.3, -0.25) is 9.89 Å². The lowest BCUT2D eigenvalue weighted by Crippen LogP contribution is -2.33. The van der Waals surface area contributed by atoms with Gasteiger partial charge in [0.15, 0.2) is 0 Å². The van der Waals surface area contributed by atoms with E-state index in [0.717, 1.165) is 25.2 Å². The largest absolute Gasteiger partial charge is 0.392 e. The van der Waals surface area contributed by atoms with E-state index >= 15 is 0 Å². The molecule has 2 saturated carbocycles. The molecule has 116 valence electrons. The van der Waals surface area contributed by atoms with E-state index in [0.29, 0.717) is 41.4 Å². The first-order valence-electron chi connectivity index (χ1n) is 8.21. The summed E-state index contributed by atoms with van der Waals surface area (Å²) in [5.41, 5.74) is 2.85. The molecule has 4 atom stereocenters. The van der Waals surface area contributed by atoms with Crippen molar-refractivity contribution < 1.29 is 9.63 Å². The van der Waals surface area contributed by atoms with Crippen LogP contribution in [0, 0.1) is 23.7 Å². The van der Waals surface area contributed by atoms with Crippen molar-refractivity contribution in [1.29, 1.82) is 0 Å². The highest BCUT2D eigenvalue weighted by atomic mass is 16.7. The Hall–Kier alpha value is -1.85. The van der Waals surface area contributed by atoms with Crippen molar-refractivity contribution >= 4 is 11.6 Å². The Labute approximate surface area is 128 Å². The average molecular weight is 300 g/mol. The van der Waals surface area contributed by atoms with Crippen LogP contribution < -0.4 is 0 Å². The number of piperidine rings is 1. The Balaban J connectivity index is 1.25. The maximum atomic E-state index is 12.5. The molecule has 22 heavy (non-hydrogen) atoms. The smallest absolute Gasteiger partial charge is 0.274 e. The summed E-state index contributed by atoms with van der Waals surface area (Å²) in [6, 6.07) is 1.89. The van der Waals surface area contributed by atoms with Gasteiger partial charge in [-0.2, -0.15) is 5.10 Å². The third-order valence-corrected chi connectivity index (χ3v) is 5.67. The second-order valence-electron chi connectivity index (χ2n) is 7.43. The van der Waals surface area contributed by atoms with Crippen LogP contribution in [-0.4, -0.2) is 45.9 Å². The summed E-state index contributed by atoms with van der Waals surface area (Å²) in [4.78, 5) is 19.9. The predicted octanol–water partition coefficient (Wildman–Crippen LogP) is 1.63. The van der Waals surface area contributed by atoms with Crippen molar-refractivity contribution in [3.63, 3.8) is 0 Å². The highest BCUT2D eigenvalue weighted by molar-refractivity contribution is 5.97. The molecule has 0 bridgehead atoms. The number of nitrogens with zero attached hydrogens (tertiary/aromatic N) is 3. The van der Waals surface area contributed by atoms with Crippen molar-refractivity contribution in [2.75, 3.05) is 13.1 Å². The van der Waals surface area contributed by atoms with E-state index < -0.39 is 0 Å². The Bertz CT molecular complexity index is 667. The van der Waals surface area contributed by atoms with Gasteiger partial charge in [-0.25, -0.2) is 0 Å². The lowest BCUT2D eigenvalue weighted by atomic mass is 10.1. The summed E-state index contributed by atoms with van der Waals surface area (Å²) in [6.45, 7) is 5.86. The zero-order valence-corrected chi connectivity index (χ0v) is 12.8. The van der Waals surface area contributed by atoms with E-state index in [1.165, 1.54) is 5.71 Å². The molecule has 0 spiro atoms. The monoisotopic (exact) mass is 300 g/mol. The second-order valence-corrected chi connectivity index (χ2v) is 7.43. The van der Waals surface area contributed by atoms with E-state index in [1.807, 2.05) is 11.0 Å². The number of likely N-dealkylation sites (tertiary alicyclic amines) is 1. The van der Waals surface area contributed by atoms with E-state index in [-0.39, 0.29) is 5.91 Å².